The van der Waals surface area contributed by atoms with Crippen LogP contribution in [0.1, 0.15) is 38.5 Å². The van der Waals surface area contributed by atoms with Crippen molar-refractivity contribution in [1.82, 2.24) is 0 Å². The van der Waals surface area contributed by atoms with E-state index in [0.29, 0.717) is 0 Å². The van der Waals surface area contributed by atoms with Gasteiger partial charge in [0.05, 0.1) is 5.60 Å². The molecule has 2 heterocycles. The van der Waals surface area contributed by atoms with Crippen LogP contribution in [-0.2, 0) is 4.74 Å². The summed E-state index contributed by atoms with van der Waals surface area (Å²) >= 11 is 2.08. The molecule has 0 aliphatic carbocycles. The van der Waals surface area contributed by atoms with Crippen molar-refractivity contribution in [2.75, 3.05) is 24.7 Å². The third-order valence-corrected chi connectivity index (χ3v) is 4.80. The molecule has 0 bridgehead atoms. The molecule has 1 unspecified atom stereocenters. The summed E-state index contributed by atoms with van der Waals surface area (Å²) in [7, 11) is 0. The Morgan fingerprint density at radius 2 is 2.13 bits per heavy atom. The second-order valence-electron chi connectivity index (χ2n) is 4.93. The maximum Gasteiger partial charge on any atom is 0.0700 e. The van der Waals surface area contributed by atoms with Gasteiger partial charge < -0.3 is 10.5 Å². The van der Waals surface area contributed by atoms with Crippen molar-refractivity contribution < 1.29 is 4.74 Å². The van der Waals surface area contributed by atoms with Crippen LogP contribution in [0.15, 0.2) is 0 Å². The average Bonchev–Trinajstić information content (AvgIpc) is 2.28. The van der Waals surface area contributed by atoms with Gasteiger partial charge in [0.2, 0.25) is 0 Å². The first-order valence-corrected chi connectivity index (χ1v) is 7.42. The van der Waals surface area contributed by atoms with E-state index < -0.39 is 0 Å². The number of nitrogens with two attached hydrogens (primary N) is 1. The van der Waals surface area contributed by atoms with Gasteiger partial charge in [-0.05, 0) is 62.5 Å². The van der Waals surface area contributed by atoms with Crippen molar-refractivity contribution in [3.05, 3.63) is 0 Å². The van der Waals surface area contributed by atoms with E-state index in [1.54, 1.807) is 0 Å². The summed E-state index contributed by atoms with van der Waals surface area (Å²) in [5, 5.41) is 0. The third-order valence-electron chi connectivity index (χ3n) is 3.82. The van der Waals surface area contributed by atoms with Crippen LogP contribution < -0.4 is 5.73 Å². The molecule has 2 rings (SSSR count). The number of rotatable bonds is 3. The molecule has 0 aromatic rings. The van der Waals surface area contributed by atoms with E-state index in [9.17, 15) is 0 Å². The number of hydrogen-bond acceptors (Lipinski definition) is 3. The fourth-order valence-corrected chi connectivity index (χ4v) is 4.11. The van der Waals surface area contributed by atoms with Crippen LogP contribution in [0.2, 0.25) is 0 Å². The number of ether oxygens (including phenoxy) is 1. The Kier molecular flexibility index (Phi) is 4.35. The maximum atomic E-state index is 6.07. The summed E-state index contributed by atoms with van der Waals surface area (Å²) in [5.41, 5.74) is 5.85. The summed E-state index contributed by atoms with van der Waals surface area (Å²) in [6, 6.07) is 0. The highest BCUT2D eigenvalue weighted by atomic mass is 32.2. The average molecular weight is 229 g/mol. The molecule has 0 aromatic heterocycles. The number of thioether (sulfide) groups is 1. The van der Waals surface area contributed by atoms with Crippen LogP contribution in [0.25, 0.3) is 0 Å². The van der Waals surface area contributed by atoms with Crippen molar-refractivity contribution in [1.29, 1.82) is 0 Å². The van der Waals surface area contributed by atoms with E-state index in [-0.39, 0.29) is 5.60 Å². The van der Waals surface area contributed by atoms with Crippen molar-refractivity contribution in [2.24, 2.45) is 11.7 Å². The van der Waals surface area contributed by atoms with Gasteiger partial charge in [-0.2, -0.15) is 11.8 Å². The topological polar surface area (TPSA) is 35.2 Å². The van der Waals surface area contributed by atoms with Gasteiger partial charge in [0, 0.05) is 6.61 Å². The molecular weight excluding hydrogens is 206 g/mol. The van der Waals surface area contributed by atoms with Crippen LogP contribution in [0.4, 0.5) is 0 Å². The number of hydrogen-bond donors (Lipinski definition) is 1. The van der Waals surface area contributed by atoms with Gasteiger partial charge >= 0.3 is 0 Å². The molecule has 2 nitrogen and oxygen atoms in total. The molecule has 2 saturated heterocycles. The van der Waals surface area contributed by atoms with Crippen molar-refractivity contribution >= 4 is 11.8 Å². The minimum absolute atomic E-state index is 0.267. The first-order chi connectivity index (χ1) is 7.35. The van der Waals surface area contributed by atoms with Crippen molar-refractivity contribution in [2.45, 2.75) is 44.1 Å². The van der Waals surface area contributed by atoms with E-state index in [4.69, 9.17) is 10.5 Å². The maximum absolute atomic E-state index is 6.07. The smallest absolute Gasteiger partial charge is 0.0700 e. The molecule has 0 radical (unpaired) electrons. The highest BCUT2D eigenvalue weighted by Gasteiger charge is 2.38. The van der Waals surface area contributed by atoms with E-state index in [0.717, 1.165) is 19.1 Å². The van der Waals surface area contributed by atoms with Crippen LogP contribution in [0.3, 0.4) is 0 Å². The molecule has 3 heteroatoms. The highest BCUT2D eigenvalue weighted by molar-refractivity contribution is 7.99. The van der Waals surface area contributed by atoms with Crippen LogP contribution in [-0.4, -0.2) is 30.3 Å². The van der Waals surface area contributed by atoms with Crippen molar-refractivity contribution in [3.63, 3.8) is 0 Å². The summed E-state index contributed by atoms with van der Waals surface area (Å²) in [5.74, 6) is 3.47. The first kappa shape index (κ1) is 11.7. The summed E-state index contributed by atoms with van der Waals surface area (Å²) in [6.07, 6.45) is 7.61. The Balaban J connectivity index is 1.85. The largest absolute Gasteiger partial charge is 0.375 e. The predicted octanol–water partition coefficient (Wildman–Crippen LogP) is 2.42. The zero-order valence-corrected chi connectivity index (χ0v) is 10.4. The van der Waals surface area contributed by atoms with E-state index in [2.05, 4.69) is 11.8 Å². The molecule has 88 valence electrons. The predicted molar refractivity (Wildman–Crippen MR) is 66.3 cm³/mol. The van der Waals surface area contributed by atoms with Crippen LogP contribution >= 0.6 is 11.8 Å². The van der Waals surface area contributed by atoms with Crippen molar-refractivity contribution in [3.8, 4) is 0 Å². The van der Waals surface area contributed by atoms with E-state index in [1.807, 2.05) is 0 Å². The molecule has 2 aliphatic rings. The third kappa shape index (κ3) is 3.11. The molecule has 2 fully saturated rings. The molecule has 0 saturated carbocycles. The lowest BCUT2D eigenvalue weighted by Gasteiger charge is -2.43. The SMILES string of the molecule is NCCCC1CCOC2(CCSCC2)C1. The summed E-state index contributed by atoms with van der Waals surface area (Å²) < 4.78 is 6.07. The van der Waals surface area contributed by atoms with Gasteiger partial charge in [0.15, 0.2) is 0 Å². The second kappa shape index (κ2) is 5.55. The molecular formula is C12H23NOS. The minimum atomic E-state index is 0.267. The Labute approximate surface area is 97.3 Å². The normalized spacial score (nSPS) is 30.6. The monoisotopic (exact) mass is 229 g/mol. The molecule has 2 N–H and O–H groups in total. The molecule has 0 amide bonds. The fourth-order valence-electron chi connectivity index (χ4n) is 2.87. The fraction of sp³-hybridized carbons (Fsp3) is 1.00. The van der Waals surface area contributed by atoms with Crippen LogP contribution in [0, 0.1) is 5.92 Å². The minimum Gasteiger partial charge on any atom is -0.375 e. The highest BCUT2D eigenvalue weighted by Crippen LogP contribution is 2.40. The Morgan fingerprint density at radius 1 is 1.33 bits per heavy atom. The zero-order chi connectivity index (χ0) is 10.6. The Hall–Kier alpha value is 0.270. The Bertz CT molecular complexity index is 187. The van der Waals surface area contributed by atoms with Gasteiger partial charge in [-0.3, -0.25) is 0 Å². The quantitative estimate of drug-likeness (QED) is 0.807. The summed E-state index contributed by atoms with van der Waals surface area (Å²) in [6.45, 7) is 1.83. The molecule has 2 aliphatic heterocycles. The van der Waals surface area contributed by atoms with Gasteiger partial charge in [-0.1, -0.05) is 0 Å². The lowest BCUT2D eigenvalue weighted by molar-refractivity contribution is -0.103. The van der Waals surface area contributed by atoms with E-state index in [1.165, 1.54) is 50.0 Å². The van der Waals surface area contributed by atoms with Gasteiger partial charge in [-0.15, -0.1) is 0 Å². The second-order valence-corrected chi connectivity index (χ2v) is 6.16. The lowest BCUT2D eigenvalue weighted by Crippen LogP contribution is -2.42. The zero-order valence-electron chi connectivity index (χ0n) is 9.54. The molecule has 15 heavy (non-hydrogen) atoms. The Morgan fingerprint density at radius 3 is 2.87 bits per heavy atom. The van der Waals surface area contributed by atoms with Gasteiger partial charge in [0.1, 0.15) is 0 Å². The molecule has 0 aromatic carbocycles. The van der Waals surface area contributed by atoms with E-state index >= 15 is 0 Å². The first-order valence-electron chi connectivity index (χ1n) is 6.26. The van der Waals surface area contributed by atoms with Gasteiger partial charge in [0.25, 0.3) is 0 Å². The molecule has 1 spiro atoms. The lowest BCUT2D eigenvalue weighted by atomic mass is 9.80. The van der Waals surface area contributed by atoms with Crippen LogP contribution in [0.5, 0.6) is 0 Å². The molecule has 1 atom stereocenters. The van der Waals surface area contributed by atoms with Gasteiger partial charge in [-0.25, -0.2) is 0 Å². The summed E-state index contributed by atoms with van der Waals surface area (Å²) in [4.78, 5) is 0. The standard InChI is InChI=1S/C12H23NOS/c13-6-1-2-11-3-7-14-12(10-11)4-8-15-9-5-12/h11H,1-10,13H2.